The van der Waals surface area contributed by atoms with Crippen molar-refractivity contribution in [3.05, 3.63) is 28.8 Å². The first-order valence-corrected chi connectivity index (χ1v) is 8.10. The largest absolute Gasteiger partial charge is 0.434 e. The highest BCUT2D eigenvalue weighted by Gasteiger charge is 2.48. The van der Waals surface area contributed by atoms with Crippen LogP contribution in [-0.2, 0) is 11.3 Å². The number of amides is 1. The second kappa shape index (κ2) is 6.61. The van der Waals surface area contributed by atoms with Gasteiger partial charge in [0.05, 0.1) is 5.92 Å². The minimum Gasteiger partial charge on any atom is -0.434 e. The smallest absolute Gasteiger partial charge is 0.387 e. The maximum Gasteiger partial charge on any atom is 0.387 e. The third-order valence-corrected chi connectivity index (χ3v) is 5.21. The first-order chi connectivity index (χ1) is 11.0. The minimum absolute atomic E-state index is 0.0157. The molecule has 4 unspecified atom stereocenters. The Morgan fingerprint density at radius 1 is 1.39 bits per heavy atom. The van der Waals surface area contributed by atoms with Crippen LogP contribution in [0.15, 0.2) is 18.2 Å². The van der Waals surface area contributed by atoms with Gasteiger partial charge >= 0.3 is 6.61 Å². The average Bonchev–Trinajstić information content (AvgIpc) is 3.07. The summed E-state index contributed by atoms with van der Waals surface area (Å²) in [5.74, 6) is 0.479. The zero-order chi connectivity index (χ0) is 16.6. The number of carbonyl (C=O) groups is 1. The number of rotatable bonds is 5. The molecule has 2 saturated carbocycles. The van der Waals surface area contributed by atoms with Crippen molar-refractivity contribution in [1.82, 2.24) is 5.32 Å². The molecule has 7 heteroatoms. The number of benzene rings is 1. The first-order valence-electron chi connectivity index (χ1n) is 7.72. The summed E-state index contributed by atoms with van der Waals surface area (Å²) in [6, 6.07) is 4.25. The monoisotopic (exact) mass is 344 g/mol. The van der Waals surface area contributed by atoms with Crippen molar-refractivity contribution in [1.29, 1.82) is 0 Å². The number of hydrogen-bond acceptors (Lipinski definition) is 3. The summed E-state index contributed by atoms with van der Waals surface area (Å²) in [5.41, 5.74) is 6.57. The molecule has 1 aromatic rings. The van der Waals surface area contributed by atoms with Crippen LogP contribution in [0.4, 0.5) is 8.78 Å². The number of halogens is 3. The molecular weight excluding hydrogens is 326 g/mol. The van der Waals surface area contributed by atoms with Gasteiger partial charge in [0, 0.05) is 23.2 Å². The van der Waals surface area contributed by atoms with Crippen molar-refractivity contribution >= 4 is 17.5 Å². The van der Waals surface area contributed by atoms with E-state index in [-0.39, 0.29) is 30.2 Å². The lowest BCUT2D eigenvalue weighted by Crippen LogP contribution is -2.45. The minimum atomic E-state index is -2.93. The number of alkyl halides is 2. The van der Waals surface area contributed by atoms with Gasteiger partial charge in [0.25, 0.3) is 0 Å². The van der Waals surface area contributed by atoms with E-state index in [0.29, 0.717) is 22.4 Å². The van der Waals surface area contributed by atoms with E-state index < -0.39 is 6.61 Å². The molecule has 1 amide bonds. The maximum absolute atomic E-state index is 12.4. The van der Waals surface area contributed by atoms with Crippen molar-refractivity contribution in [3.63, 3.8) is 0 Å². The first kappa shape index (κ1) is 16.5. The Bertz CT molecular complexity index is 597. The van der Waals surface area contributed by atoms with Gasteiger partial charge in [-0.05, 0) is 49.3 Å². The molecule has 4 nitrogen and oxygen atoms in total. The van der Waals surface area contributed by atoms with Crippen molar-refractivity contribution in [2.24, 2.45) is 23.5 Å². The third-order valence-electron chi connectivity index (χ3n) is 4.98. The van der Waals surface area contributed by atoms with Gasteiger partial charge in [-0.15, -0.1) is 0 Å². The van der Waals surface area contributed by atoms with E-state index in [1.807, 2.05) is 0 Å². The molecule has 0 aliphatic heterocycles. The summed E-state index contributed by atoms with van der Waals surface area (Å²) >= 11 is 5.89. The van der Waals surface area contributed by atoms with E-state index in [2.05, 4.69) is 10.1 Å². The molecule has 1 aromatic carbocycles. The van der Waals surface area contributed by atoms with Gasteiger partial charge in [-0.3, -0.25) is 4.79 Å². The van der Waals surface area contributed by atoms with Gasteiger partial charge < -0.3 is 15.8 Å². The highest BCUT2D eigenvalue weighted by atomic mass is 35.5. The van der Waals surface area contributed by atoms with Gasteiger partial charge in [0.2, 0.25) is 5.91 Å². The fraction of sp³-hybridized carbons (Fsp3) is 0.562. The zero-order valence-electron chi connectivity index (χ0n) is 12.5. The average molecular weight is 345 g/mol. The van der Waals surface area contributed by atoms with Gasteiger partial charge in [-0.2, -0.15) is 8.78 Å². The molecule has 2 bridgehead atoms. The topological polar surface area (TPSA) is 64.4 Å². The second-order valence-corrected chi connectivity index (χ2v) is 6.72. The van der Waals surface area contributed by atoms with E-state index >= 15 is 0 Å². The van der Waals surface area contributed by atoms with E-state index in [0.717, 1.165) is 19.3 Å². The molecule has 2 fully saturated rings. The molecule has 0 spiro atoms. The molecule has 23 heavy (non-hydrogen) atoms. The lowest BCUT2D eigenvalue weighted by molar-refractivity contribution is -0.127. The molecule has 0 heterocycles. The number of nitrogens with one attached hydrogen (secondary N) is 1. The van der Waals surface area contributed by atoms with Crippen molar-refractivity contribution < 1.29 is 18.3 Å². The number of nitrogens with two attached hydrogens (primary N) is 1. The fourth-order valence-corrected chi connectivity index (χ4v) is 4.12. The molecule has 126 valence electrons. The van der Waals surface area contributed by atoms with Crippen LogP contribution in [0.2, 0.25) is 5.02 Å². The van der Waals surface area contributed by atoms with Crippen LogP contribution in [0, 0.1) is 17.8 Å². The number of carbonyl (C=O) groups excluding carboxylic acids is 1. The fourth-order valence-electron chi connectivity index (χ4n) is 3.92. The Kier molecular flexibility index (Phi) is 4.73. The predicted molar refractivity (Wildman–Crippen MR) is 82.2 cm³/mol. The highest BCUT2D eigenvalue weighted by molar-refractivity contribution is 6.30. The van der Waals surface area contributed by atoms with Crippen LogP contribution >= 0.6 is 11.6 Å². The molecule has 2 aliphatic carbocycles. The zero-order valence-corrected chi connectivity index (χ0v) is 13.2. The molecule has 0 aromatic heterocycles. The van der Waals surface area contributed by atoms with E-state index in [1.54, 1.807) is 0 Å². The summed E-state index contributed by atoms with van der Waals surface area (Å²) < 4.78 is 29.3. The molecule has 2 aliphatic rings. The molecule has 0 saturated heterocycles. The van der Waals surface area contributed by atoms with Crippen LogP contribution in [0.25, 0.3) is 0 Å². The van der Waals surface area contributed by atoms with Crippen molar-refractivity contribution in [2.45, 2.75) is 38.5 Å². The molecular formula is C16H19ClF2N2O2. The van der Waals surface area contributed by atoms with Crippen LogP contribution in [0.1, 0.15) is 24.8 Å². The highest BCUT2D eigenvalue weighted by Crippen LogP contribution is 2.47. The standard InChI is InChI=1S/C16H19ClF2N2O2/c17-11-3-4-12(23-16(18)19)10(6-11)7-21-15(22)13-8-1-2-9(5-8)14(13)20/h3-4,6,8-9,13-14,16H,1-2,5,7,20H2,(H,21,22). The quantitative estimate of drug-likeness (QED) is 0.863. The Hall–Kier alpha value is -1.40. The second-order valence-electron chi connectivity index (χ2n) is 6.28. The predicted octanol–water partition coefficient (Wildman–Crippen LogP) is 2.93. The van der Waals surface area contributed by atoms with Crippen LogP contribution in [0.5, 0.6) is 5.75 Å². The van der Waals surface area contributed by atoms with E-state index in [9.17, 15) is 13.6 Å². The molecule has 3 N–H and O–H groups in total. The number of ether oxygens (including phenoxy) is 1. The van der Waals surface area contributed by atoms with Crippen LogP contribution < -0.4 is 15.8 Å². The SMILES string of the molecule is NC1C2CCC(C2)C1C(=O)NCc1cc(Cl)ccc1OC(F)F. The summed E-state index contributed by atoms with van der Waals surface area (Å²) in [7, 11) is 0. The summed E-state index contributed by atoms with van der Waals surface area (Å²) in [6.07, 6.45) is 3.14. The van der Waals surface area contributed by atoms with Crippen LogP contribution in [-0.4, -0.2) is 18.6 Å². The van der Waals surface area contributed by atoms with E-state index in [1.165, 1.54) is 18.2 Å². The summed E-state index contributed by atoms with van der Waals surface area (Å²) in [5, 5.41) is 3.19. The van der Waals surface area contributed by atoms with Crippen LogP contribution in [0.3, 0.4) is 0 Å². The number of fused-ring (bicyclic) bond motifs is 2. The van der Waals surface area contributed by atoms with Gasteiger partial charge in [-0.1, -0.05) is 11.6 Å². The van der Waals surface area contributed by atoms with E-state index in [4.69, 9.17) is 17.3 Å². The Morgan fingerprint density at radius 3 is 2.78 bits per heavy atom. The van der Waals surface area contributed by atoms with Gasteiger partial charge in [-0.25, -0.2) is 0 Å². The third kappa shape index (κ3) is 3.43. The molecule has 0 radical (unpaired) electrons. The summed E-state index contributed by atoms with van der Waals surface area (Å²) in [6.45, 7) is -2.84. The van der Waals surface area contributed by atoms with Crippen molar-refractivity contribution in [2.75, 3.05) is 0 Å². The van der Waals surface area contributed by atoms with Gasteiger partial charge in [0.1, 0.15) is 5.75 Å². The number of hydrogen-bond donors (Lipinski definition) is 2. The lowest BCUT2D eigenvalue weighted by atomic mass is 9.84. The Labute approximate surface area is 138 Å². The lowest BCUT2D eigenvalue weighted by Gasteiger charge is -2.27. The Balaban J connectivity index is 1.66. The summed E-state index contributed by atoms with van der Waals surface area (Å²) in [4.78, 5) is 12.4. The molecule has 4 atom stereocenters. The Morgan fingerprint density at radius 2 is 2.13 bits per heavy atom. The normalized spacial score (nSPS) is 29.1. The van der Waals surface area contributed by atoms with Crippen molar-refractivity contribution in [3.8, 4) is 5.75 Å². The van der Waals surface area contributed by atoms with Gasteiger partial charge in [0.15, 0.2) is 0 Å². The molecule has 3 rings (SSSR count). The maximum atomic E-state index is 12.4.